The molecule has 0 radical (unpaired) electrons. The Hall–Kier alpha value is -0.310. The van der Waals surface area contributed by atoms with Crippen LogP contribution in [0.1, 0.15) is 66.2 Å². The first-order valence-electron chi connectivity index (χ1n) is 9.19. The van der Waals surface area contributed by atoms with Crippen molar-refractivity contribution in [3.8, 4) is 0 Å². The fourth-order valence-corrected chi connectivity index (χ4v) is 2.24. The smallest absolute Gasteiger partial charge is 0.303 e. The highest BCUT2D eigenvalue weighted by Gasteiger charge is 2.18. The summed E-state index contributed by atoms with van der Waals surface area (Å²) in [5, 5.41) is 12.1. The van der Waals surface area contributed by atoms with Gasteiger partial charge in [-0.05, 0) is 66.5 Å². The minimum Gasteiger partial charge on any atom is -0.481 e. The first-order chi connectivity index (χ1) is 11.4. The lowest BCUT2D eigenvalue weighted by molar-refractivity contribution is -0.141. The minimum absolute atomic E-state index is 0. The van der Waals surface area contributed by atoms with Gasteiger partial charge in [-0.3, -0.25) is 9.59 Å². The summed E-state index contributed by atoms with van der Waals surface area (Å²) >= 11 is 0. The molecule has 0 heterocycles. The van der Waals surface area contributed by atoms with E-state index in [1.165, 1.54) is 0 Å². The number of hydrogen-bond donors (Lipinski definition) is 4. The quantitative estimate of drug-likeness (QED) is 0.291. The summed E-state index contributed by atoms with van der Waals surface area (Å²) in [5.74, 6) is -1.05. The van der Waals surface area contributed by atoms with Crippen molar-refractivity contribution in [1.82, 2.24) is 10.2 Å². The molecule has 0 saturated heterocycles. The van der Waals surface area contributed by atoms with E-state index in [2.05, 4.69) is 5.32 Å². The zero-order valence-electron chi connectivity index (χ0n) is 17.7. The van der Waals surface area contributed by atoms with Crippen LogP contribution in [0.2, 0.25) is 0 Å². The Kier molecular flexibility index (Phi) is 22.0. The van der Waals surface area contributed by atoms with Gasteiger partial charge in [0.25, 0.3) is 0 Å². The molecule has 0 aliphatic carbocycles. The molecule has 1 amide bonds. The van der Waals surface area contributed by atoms with Crippen LogP contribution in [0.5, 0.6) is 0 Å². The van der Waals surface area contributed by atoms with Crippen molar-refractivity contribution >= 4 is 49.1 Å². The van der Waals surface area contributed by atoms with Crippen LogP contribution < -0.4 is 16.8 Å². The molecule has 28 heavy (non-hydrogen) atoms. The molecule has 10 heteroatoms. The van der Waals surface area contributed by atoms with E-state index < -0.39 is 5.97 Å². The summed E-state index contributed by atoms with van der Waals surface area (Å²) in [7, 11) is 0. The van der Waals surface area contributed by atoms with Gasteiger partial charge in [0.05, 0.1) is 6.42 Å². The molecule has 172 valence electrons. The van der Waals surface area contributed by atoms with Crippen LogP contribution in [-0.2, 0) is 9.59 Å². The highest BCUT2D eigenvalue weighted by Crippen LogP contribution is 2.09. The molecule has 0 aromatic rings. The zero-order chi connectivity index (χ0) is 19.5. The van der Waals surface area contributed by atoms with E-state index in [1.54, 1.807) is 4.90 Å². The highest BCUT2D eigenvalue weighted by molar-refractivity contribution is 5.86. The first kappa shape index (κ1) is 35.1. The number of amides is 1. The van der Waals surface area contributed by atoms with Gasteiger partial charge in [0.2, 0.25) is 5.91 Å². The molecule has 0 atom stereocenters. The van der Waals surface area contributed by atoms with E-state index in [4.69, 9.17) is 16.6 Å². The Labute approximate surface area is 189 Å². The largest absolute Gasteiger partial charge is 0.481 e. The molecule has 0 aliphatic rings. The number of rotatable bonds is 14. The van der Waals surface area contributed by atoms with E-state index in [9.17, 15) is 9.59 Å². The molecular weight excluding hydrogens is 427 g/mol. The SMILES string of the molecule is CC(C)(N)CCNCCCCN(CCC(C)(C)N)C(=O)CCC(=O)O.Cl.Cl.Cl. The van der Waals surface area contributed by atoms with E-state index >= 15 is 0 Å². The van der Waals surface area contributed by atoms with Gasteiger partial charge in [-0.15, -0.1) is 37.2 Å². The van der Waals surface area contributed by atoms with Crippen LogP contribution in [0.25, 0.3) is 0 Å². The monoisotopic (exact) mass is 466 g/mol. The van der Waals surface area contributed by atoms with E-state index in [1.807, 2.05) is 27.7 Å². The van der Waals surface area contributed by atoms with Crippen LogP contribution in [0.15, 0.2) is 0 Å². The van der Waals surface area contributed by atoms with Crippen molar-refractivity contribution in [2.75, 3.05) is 26.2 Å². The van der Waals surface area contributed by atoms with Crippen molar-refractivity contribution < 1.29 is 14.7 Å². The molecule has 0 aliphatic heterocycles. The number of unbranched alkanes of at least 4 members (excludes halogenated alkanes) is 1. The zero-order valence-corrected chi connectivity index (χ0v) is 20.1. The summed E-state index contributed by atoms with van der Waals surface area (Å²) in [6, 6.07) is 0. The summed E-state index contributed by atoms with van der Waals surface area (Å²) < 4.78 is 0. The number of carboxylic acid groups (broad SMARTS) is 1. The van der Waals surface area contributed by atoms with Crippen LogP contribution in [0, 0.1) is 0 Å². The van der Waals surface area contributed by atoms with Crippen LogP contribution in [0.4, 0.5) is 0 Å². The third kappa shape index (κ3) is 23.7. The normalized spacial score (nSPS) is 10.9. The lowest BCUT2D eigenvalue weighted by atomic mass is 10.0. The van der Waals surface area contributed by atoms with Crippen molar-refractivity contribution in [2.24, 2.45) is 11.5 Å². The number of nitrogens with one attached hydrogen (secondary N) is 1. The molecule has 0 saturated carbocycles. The maximum Gasteiger partial charge on any atom is 0.303 e. The number of halogens is 3. The summed E-state index contributed by atoms with van der Waals surface area (Å²) in [4.78, 5) is 24.7. The van der Waals surface area contributed by atoms with E-state index in [0.717, 1.165) is 32.4 Å². The number of nitrogens with zero attached hydrogens (tertiary/aromatic N) is 1. The Morgan fingerprint density at radius 1 is 0.857 bits per heavy atom. The molecule has 7 nitrogen and oxygen atoms in total. The van der Waals surface area contributed by atoms with Crippen LogP contribution in [0.3, 0.4) is 0 Å². The topological polar surface area (TPSA) is 122 Å². The van der Waals surface area contributed by atoms with Gasteiger partial charge in [0, 0.05) is 30.6 Å². The van der Waals surface area contributed by atoms with Crippen molar-refractivity contribution in [3.63, 3.8) is 0 Å². The fraction of sp³-hybridized carbons (Fsp3) is 0.889. The van der Waals surface area contributed by atoms with Crippen molar-refractivity contribution in [2.45, 2.75) is 77.3 Å². The average Bonchev–Trinajstić information content (AvgIpc) is 2.44. The molecule has 0 aromatic carbocycles. The lowest BCUT2D eigenvalue weighted by Crippen LogP contribution is -2.40. The van der Waals surface area contributed by atoms with Gasteiger partial charge in [-0.1, -0.05) is 0 Å². The van der Waals surface area contributed by atoms with Gasteiger partial charge in [0.15, 0.2) is 0 Å². The number of nitrogens with two attached hydrogens (primary N) is 2. The third-order valence-corrected chi connectivity index (χ3v) is 3.91. The number of carbonyl (C=O) groups is 2. The summed E-state index contributed by atoms with van der Waals surface area (Å²) in [6.45, 7) is 10.8. The lowest BCUT2D eigenvalue weighted by Gasteiger charge is -2.27. The van der Waals surface area contributed by atoms with Crippen molar-refractivity contribution in [1.29, 1.82) is 0 Å². The van der Waals surface area contributed by atoms with Gasteiger partial charge in [-0.2, -0.15) is 0 Å². The Morgan fingerprint density at radius 3 is 1.86 bits per heavy atom. The molecule has 0 unspecified atom stereocenters. The molecular formula is C18H41Cl3N4O3. The molecule has 6 N–H and O–H groups in total. The van der Waals surface area contributed by atoms with Gasteiger partial charge in [0.1, 0.15) is 0 Å². The maximum atomic E-state index is 12.2. The fourth-order valence-electron chi connectivity index (χ4n) is 2.24. The molecule has 0 spiro atoms. The Balaban J connectivity index is -0.000000960. The molecule has 0 aromatic heterocycles. The molecule has 0 rings (SSSR count). The minimum atomic E-state index is -0.945. The second-order valence-corrected chi connectivity index (χ2v) is 8.21. The predicted octanol–water partition coefficient (Wildman–Crippen LogP) is 2.57. The van der Waals surface area contributed by atoms with Crippen LogP contribution >= 0.6 is 37.2 Å². The van der Waals surface area contributed by atoms with Gasteiger partial charge in [-0.25, -0.2) is 0 Å². The molecule has 0 fully saturated rings. The average molecular weight is 468 g/mol. The van der Waals surface area contributed by atoms with Gasteiger partial charge < -0.3 is 26.8 Å². The Morgan fingerprint density at radius 2 is 1.39 bits per heavy atom. The third-order valence-electron chi connectivity index (χ3n) is 3.91. The van der Waals surface area contributed by atoms with Crippen molar-refractivity contribution in [3.05, 3.63) is 0 Å². The second-order valence-electron chi connectivity index (χ2n) is 8.21. The van der Waals surface area contributed by atoms with Gasteiger partial charge >= 0.3 is 5.97 Å². The van der Waals surface area contributed by atoms with Crippen LogP contribution in [-0.4, -0.2) is 59.1 Å². The predicted molar refractivity (Wildman–Crippen MR) is 123 cm³/mol. The number of hydrogen-bond acceptors (Lipinski definition) is 5. The first-order valence-corrected chi connectivity index (χ1v) is 9.19. The summed E-state index contributed by atoms with van der Waals surface area (Å²) in [6.07, 6.45) is 3.36. The second kappa shape index (κ2) is 17.5. The summed E-state index contributed by atoms with van der Waals surface area (Å²) in [5.41, 5.74) is 11.4. The molecule has 0 bridgehead atoms. The standard InChI is InChI=1S/C18H38N4O3.3ClH/c1-17(2,19)9-12-21-11-5-6-13-22(14-10-18(3,4)20)15(23)7-8-16(24)25;;;/h21H,5-14,19-20H2,1-4H3,(H,24,25);3*1H. The highest BCUT2D eigenvalue weighted by atomic mass is 35.5. The maximum absolute atomic E-state index is 12.2. The number of carboxylic acids is 1. The van der Waals surface area contributed by atoms with E-state index in [0.29, 0.717) is 19.5 Å². The number of carbonyl (C=O) groups excluding carboxylic acids is 1. The number of aliphatic carboxylic acids is 1. The van der Waals surface area contributed by atoms with E-state index in [-0.39, 0.29) is 67.0 Å². The Bertz CT molecular complexity index is 414.